The van der Waals surface area contributed by atoms with Crippen LogP contribution in [0.15, 0.2) is 0 Å². The van der Waals surface area contributed by atoms with E-state index in [2.05, 4.69) is 0 Å². The van der Waals surface area contributed by atoms with Gasteiger partial charge in [0.25, 0.3) is 0 Å². The molecular formula is C7H10O2S. The Balaban J connectivity index is 1.84. The first-order chi connectivity index (χ1) is 4.73. The number of thioether (sulfide) groups is 1. The Labute approximate surface area is 64.0 Å². The van der Waals surface area contributed by atoms with Crippen molar-refractivity contribution in [2.24, 2.45) is 11.3 Å². The molecule has 1 aliphatic heterocycles. The van der Waals surface area contributed by atoms with E-state index in [-0.39, 0.29) is 0 Å². The fourth-order valence-corrected chi connectivity index (χ4v) is 3.08. The fraction of sp³-hybridized carbons (Fsp3) is 0.857. The van der Waals surface area contributed by atoms with Crippen molar-refractivity contribution in [3.05, 3.63) is 0 Å². The molecule has 1 spiro atoms. The van der Waals surface area contributed by atoms with Gasteiger partial charge in [-0.1, -0.05) is 0 Å². The number of aliphatic carboxylic acids is 1. The molecule has 0 aromatic heterocycles. The summed E-state index contributed by atoms with van der Waals surface area (Å²) < 4.78 is 0. The van der Waals surface area contributed by atoms with Gasteiger partial charge in [0.1, 0.15) is 0 Å². The molecule has 0 aromatic rings. The summed E-state index contributed by atoms with van der Waals surface area (Å²) in [5, 5.41) is 8.47. The molecule has 2 nitrogen and oxygen atoms in total. The van der Waals surface area contributed by atoms with Gasteiger partial charge in [0.15, 0.2) is 0 Å². The maximum absolute atomic E-state index is 10.3. The normalized spacial score (nSPS) is 33.4. The first-order valence-corrected chi connectivity index (χ1v) is 4.68. The van der Waals surface area contributed by atoms with Gasteiger partial charge in [-0.3, -0.25) is 4.79 Å². The van der Waals surface area contributed by atoms with E-state index in [0.29, 0.717) is 17.8 Å². The summed E-state index contributed by atoms with van der Waals surface area (Å²) in [5.41, 5.74) is 0.503. The van der Waals surface area contributed by atoms with Crippen LogP contribution < -0.4 is 0 Å². The summed E-state index contributed by atoms with van der Waals surface area (Å²) >= 11 is 1.94. The first kappa shape index (κ1) is 6.53. The van der Waals surface area contributed by atoms with Gasteiger partial charge < -0.3 is 5.11 Å². The van der Waals surface area contributed by atoms with E-state index in [1.165, 1.54) is 17.9 Å². The van der Waals surface area contributed by atoms with Crippen molar-refractivity contribution in [3.63, 3.8) is 0 Å². The monoisotopic (exact) mass is 158 g/mol. The van der Waals surface area contributed by atoms with Crippen LogP contribution in [0.1, 0.15) is 12.8 Å². The zero-order chi connectivity index (χ0) is 7.19. The maximum Gasteiger partial charge on any atom is 0.303 e. The first-order valence-electron chi connectivity index (χ1n) is 3.52. The van der Waals surface area contributed by atoms with Crippen molar-refractivity contribution in [2.75, 3.05) is 11.5 Å². The van der Waals surface area contributed by atoms with Gasteiger partial charge in [-0.05, 0) is 17.8 Å². The Morgan fingerprint density at radius 1 is 1.70 bits per heavy atom. The minimum atomic E-state index is -0.626. The van der Waals surface area contributed by atoms with E-state index in [1.54, 1.807) is 0 Å². The van der Waals surface area contributed by atoms with Gasteiger partial charge in [0.05, 0.1) is 0 Å². The standard InChI is InChI=1S/C7H10O2S/c8-6(9)1-5-2-7(5)3-10-4-7/h5H,1-4H2,(H,8,9). The molecule has 0 bridgehead atoms. The lowest BCUT2D eigenvalue weighted by Gasteiger charge is -2.25. The second-order valence-corrected chi connectivity index (χ2v) is 4.34. The van der Waals surface area contributed by atoms with Crippen LogP contribution in [0.4, 0.5) is 0 Å². The molecule has 2 aliphatic rings. The Morgan fingerprint density at radius 2 is 2.40 bits per heavy atom. The van der Waals surface area contributed by atoms with Crippen molar-refractivity contribution in [2.45, 2.75) is 12.8 Å². The lowest BCUT2D eigenvalue weighted by atomic mass is 10.1. The second kappa shape index (κ2) is 1.91. The molecule has 1 N–H and O–H groups in total. The molecule has 1 atom stereocenters. The summed E-state index contributed by atoms with van der Waals surface area (Å²) in [6.45, 7) is 0. The lowest BCUT2D eigenvalue weighted by molar-refractivity contribution is -0.137. The molecular weight excluding hydrogens is 148 g/mol. The predicted octanol–water partition coefficient (Wildman–Crippen LogP) is 1.21. The minimum absolute atomic E-state index is 0.403. The molecule has 0 radical (unpaired) electrons. The van der Waals surface area contributed by atoms with Crippen molar-refractivity contribution in [1.29, 1.82) is 0 Å². The molecule has 1 saturated heterocycles. The number of carboxylic acids is 1. The highest BCUT2D eigenvalue weighted by molar-refractivity contribution is 8.00. The van der Waals surface area contributed by atoms with Gasteiger partial charge >= 0.3 is 5.97 Å². The molecule has 3 heteroatoms. The van der Waals surface area contributed by atoms with E-state index in [4.69, 9.17) is 5.11 Å². The van der Waals surface area contributed by atoms with E-state index in [9.17, 15) is 4.79 Å². The van der Waals surface area contributed by atoms with Crippen LogP contribution in [-0.2, 0) is 4.79 Å². The topological polar surface area (TPSA) is 37.3 Å². The van der Waals surface area contributed by atoms with Gasteiger partial charge in [-0.2, -0.15) is 11.8 Å². The molecule has 1 aliphatic carbocycles. The molecule has 1 saturated carbocycles. The number of carbonyl (C=O) groups is 1. The Morgan fingerprint density at radius 3 is 2.70 bits per heavy atom. The number of hydrogen-bond acceptors (Lipinski definition) is 2. The zero-order valence-corrected chi connectivity index (χ0v) is 6.49. The lowest BCUT2D eigenvalue weighted by Crippen LogP contribution is -2.22. The van der Waals surface area contributed by atoms with Crippen molar-refractivity contribution in [1.82, 2.24) is 0 Å². The fourth-order valence-electron chi connectivity index (χ4n) is 1.65. The van der Waals surface area contributed by atoms with Crippen LogP contribution in [0.2, 0.25) is 0 Å². The van der Waals surface area contributed by atoms with Crippen molar-refractivity contribution >= 4 is 17.7 Å². The number of carboxylic acid groups (broad SMARTS) is 1. The van der Waals surface area contributed by atoms with Crippen LogP contribution >= 0.6 is 11.8 Å². The zero-order valence-electron chi connectivity index (χ0n) is 5.67. The van der Waals surface area contributed by atoms with E-state index in [1.807, 2.05) is 11.8 Å². The molecule has 2 rings (SSSR count). The molecule has 56 valence electrons. The summed E-state index contributed by atoms with van der Waals surface area (Å²) in [6, 6.07) is 0. The van der Waals surface area contributed by atoms with E-state index >= 15 is 0 Å². The summed E-state index contributed by atoms with van der Waals surface area (Å²) in [5.74, 6) is 2.32. The molecule has 1 heterocycles. The van der Waals surface area contributed by atoms with E-state index in [0.717, 1.165) is 0 Å². The Kier molecular flexibility index (Phi) is 1.24. The van der Waals surface area contributed by atoms with E-state index < -0.39 is 5.97 Å². The SMILES string of the molecule is O=C(O)CC1CC12CSC2. The van der Waals surface area contributed by atoms with Crippen molar-refractivity contribution in [3.8, 4) is 0 Å². The smallest absolute Gasteiger partial charge is 0.303 e. The highest BCUT2D eigenvalue weighted by Gasteiger charge is 2.58. The molecule has 2 fully saturated rings. The highest BCUT2D eigenvalue weighted by Crippen LogP contribution is 2.63. The third kappa shape index (κ3) is 0.839. The highest BCUT2D eigenvalue weighted by atomic mass is 32.2. The summed E-state index contributed by atoms with van der Waals surface area (Å²) in [4.78, 5) is 10.3. The second-order valence-electron chi connectivity index (χ2n) is 3.35. The molecule has 1 unspecified atom stereocenters. The van der Waals surface area contributed by atoms with Crippen LogP contribution in [-0.4, -0.2) is 22.6 Å². The van der Waals surface area contributed by atoms with Gasteiger partial charge in [0, 0.05) is 17.9 Å². The quantitative estimate of drug-likeness (QED) is 0.656. The molecule has 10 heavy (non-hydrogen) atoms. The Bertz CT molecular complexity index is 174. The van der Waals surface area contributed by atoms with Gasteiger partial charge in [-0.25, -0.2) is 0 Å². The Hall–Kier alpha value is -0.180. The molecule has 0 aromatic carbocycles. The minimum Gasteiger partial charge on any atom is -0.481 e. The largest absolute Gasteiger partial charge is 0.481 e. The van der Waals surface area contributed by atoms with Crippen LogP contribution in [0.3, 0.4) is 0 Å². The number of rotatable bonds is 2. The average molecular weight is 158 g/mol. The summed E-state index contributed by atoms with van der Waals surface area (Å²) in [7, 11) is 0. The van der Waals surface area contributed by atoms with Crippen molar-refractivity contribution < 1.29 is 9.90 Å². The number of hydrogen-bond donors (Lipinski definition) is 1. The predicted molar refractivity (Wildman–Crippen MR) is 40.1 cm³/mol. The average Bonchev–Trinajstić information content (AvgIpc) is 2.37. The van der Waals surface area contributed by atoms with Crippen LogP contribution in [0.5, 0.6) is 0 Å². The van der Waals surface area contributed by atoms with Gasteiger partial charge in [-0.15, -0.1) is 0 Å². The van der Waals surface area contributed by atoms with Crippen LogP contribution in [0.25, 0.3) is 0 Å². The van der Waals surface area contributed by atoms with Gasteiger partial charge in [0.2, 0.25) is 0 Å². The van der Waals surface area contributed by atoms with Crippen LogP contribution in [0, 0.1) is 11.3 Å². The third-order valence-electron chi connectivity index (χ3n) is 2.56. The maximum atomic E-state index is 10.3. The molecule has 0 amide bonds. The third-order valence-corrected chi connectivity index (χ3v) is 4.12. The summed E-state index contributed by atoms with van der Waals surface area (Å²) in [6.07, 6.45) is 1.58.